The van der Waals surface area contributed by atoms with E-state index in [1.54, 1.807) is 5.43 Å². The first-order valence-electron chi connectivity index (χ1n) is 5.74. The van der Waals surface area contributed by atoms with Gasteiger partial charge in [0.2, 0.25) is 6.41 Å². The molecule has 9 heteroatoms. The molecule has 1 unspecified atom stereocenters. The number of hydrazine groups is 1. The van der Waals surface area contributed by atoms with Crippen LogP contribution < -0.4 is 16.6 Å². The fourth-order valence-electron chi connectivity index (χ4n) is 1.52. The molecule has 1 aromatic rings. The molecule has 0 bridgehead atoms. The number of nitrogens with zero attached hydrogens (tertiary/aromatic N) is 1. The largest absolute Gasteiger partial charge is 0.417 e. The van der Waals surface area contributed by atoms with Gasteiger partial charge in [-0.05, 0) is 12.1 Å². The van der Waals surface area contributed by atoms with Crippen LogP contribution in [0.25, 0.3) is 0 Å². The molecule has 0 saturated carbocycles. The van der Waals surface area contributed by atoms with Crippen LogP contribution in [0.3, 0.4) is 0 Å². The maximum atomic E-state index is 12.3. The highest BCUT2D eigenvalue weighted by Gasteiger charge is 2.31. The summed E-state index contributed by atoms with van der Waals surface area (Å²) in [4.78, 5) is 12.7. The van der Waals surface area contributed by atoms with Gasteiger partial charge in [0.15, 0.2) is 0 Å². The van der Waals surface area contributed by atoms with Gasteiger partial charge in [-0.25, -0.2) is 5.84 Å². The number of halogens is 3. The zero-order valence-electron chi connectivity index (χ0n) is 10.5. The van der Waals surface area contributed by atoms with Gasteiger partial charge in [0.05, 0.1) is 17.9 Å². The van der Waals surface area contributed by atoms with Crippen molar-refractivity contribution >= 4 is 6.41 Å². The Hall–Kier alpha value is -1.71. The lowest BCUT2D eigenvalue weighted by Gasteiger charge is -2.23. The highest BCUT2D eigenvalue weighted by molar-refractivity contribution is 5.44. The summed E-state index contributed by atoms with van der Waals surface area (Å²) >= 11 is 0. The lowest BCUT2D eigenvalue weighted by atomic mass is 10.1. The van der Waals surface area contributed by atoms with Crippen molar-refractivity contribution in [2.45, 2.75) is 12.3 Å². The first-order valence-corrected chi connectivity index (χ1v) is 5.74. The van der Waals surface area contributed by atoms with E-state index in [9.17, 15) is 13.2 Å². The van der Waals surface area contributed by atoms with Crippen molar-refractivity contribution in [2.24, 2.45) is 5.84 Å². The molecule has 0 spiro atoms. The maximum absolute atomic E-state index is 12.3. The topological polar surface area (TPSA) is 89.3 Å². The van der Waals surface area contributed by atoms with Gasteiger partial charge in [-0.3, -0.25) is 15.2 Å². The fourth-order valence-corrected chi connectivity index (χ4v) is 1.52. The van der Waals surface area contributed by atoms with E-state index in [0.29, 0.717) is 25.3 Å². The molecule has 2 rings (SSSR count). The third-order valence-corrected chi connectivity index (χ3v) is 2.44. The van der Waals surface area contributed by atoms with Crippen molar-refractivity contribution < 1.29 is 22.7 Å². The second-order valence-electron chi connectivity index (χ2n) is 3.82. The molecule has 20 heavy (non-hydrogen) atoms. The van der Waals surface area contributed by atoms with Gasteiger partial charge in [-0.15, -0.1) is 0 Å². The van der Waals surface area contributed by atoms with Gasteiger partial charge >= 0.3 is 6.18 Å². The Morgan fingerprint density at radius 2 is 2.20 bits per heavy atom. The van der Waals surface area contributed by atoms with Crippen molar-refractivity contribution in [1.82, 2.24) is 15.7 Å². The number of hydrogen-bond donors (Lipinski definition) is 3. The summed E-state index contributed by atoms with van der Waals surface area (Å²) in [6.45, 7) is 1.89. The molecule has 1 aliphatic rings. The summed E-state index contributed by atoms with van der Waals surface area (Å²) in [7, 11) is 0. The normalized spacial score (nSPS) is 18.7. The highest BCUT2D eigenvalue weighted by Crippen LogP contribution is 2.29. The molecule has 1 aliphatic heterocycles. The van der Waals surface area contributed by atoms with Crippen LogP contribution in [0.4, 0.5) is 13.2 Å². The quantitative estimate of drug-likeness (QED) is 0.317. The molecule has 4 N–H and O–H groups in total. The van der Waals surface area contributed by atoms with Gasteiger partial charge in [0, 0.05) is 19.3 Å². The van der Waals surface area contributed by atoms with Crippen LogP contribution in [0, 0.1) is 0 Å². The first kappa shape index (κ1) is 16.3. The Labute approximate surface area is 113 Å². The Morgan fingerprint density at radius 3 is 2.60 bits per heavy atom. The average molecular weight is 292 g/mol. The van der Waals surface area contributed by atoms with E-state index >= 15 is 0 Å². The van der Waals surface area contributed by atoms with Crippen molar-refractivity contribution in [3.8, 4) is 0 Å². The molecule has 0 aliphatic carbocycles. The van der Waals surface area contributed by atoms with E-state index < -0.39 is 11.7 Å². The highest BCUT2D eigenvalue weighted by atomic mass is 19.4. The summed E-state index contributed by atoms with van der Waals surface area (Å²) in [5.41, 5.74) is 1.54. The van der Waals surface area contributed by atoms with E-state index in [1.807, 2.05) is 0 Å². The Morgan fingerprint density at radius 1 is 1.50 bits per heavy atom. The number of alkyl halides is 3. The molecule has 1 aromatic heterocycles. The van der Waals surface area contributed by atoms with Crippen LogP contribution in [0.15, 0.2) is 18.3 Å². The number of amides is 1. The summed E-state index contributed by atoms with van der Waals surface area (Å²) in [5, 5.41) is 3.09. The van der Waals surface area contributed by atoms with E-state index in [1.165, 1.54) is 6.07 Å². The van der Waals surface area contributed by atoms with Crippen LogP contribution in [0.1, 0.15) is 17.4 Å². The minimum Gasteiger partial charge on any atom is -0.369 e. The summed E-state index contributed by atoms with van der Waals surface area (Å²) in [6, 6.07) is 2.39. The van der Waals surface area contributed by atoms with E-state index in [2.05, 4.69) is 16.1 Å². The molecular weight excluding hydrogens is 277 g/mol. The minimum absolute atomic E-state index is 0.254. The smallest absolute Gasteiger partial charge is 0.369 e. The van der Waals surface area contributed by atoms with Gasteiger partial charge in [-0.2, -0.15) is 13.2 Å². The molecule has 0 aromatic carbocycles. The molecule has 112 valence electrons. The predicted octanol–water partition coefficient (Wildman–Crippen LogP) is 0.367. The van der Waals surface area contributed by atoms with Gasteiger partial charge in [-0.1, -0.05) is 0 Å². The Balaban J connectivity index is 0.000000444. The molecule has 1 saturated heterocycles. The monoisotopic (exact) mass is 292 g/mol. The third-order valence-electron chi connectivity index (χ3n) is 2.44. The van der Waals surface area contributed by atoms with Crippen LogP contribution >= 0.6 is 0 Å². The van der Waals surface area contributed by atoms with E-state index in [4.69, 9.17) is 9.53 Å². The summed E-state index contributed by atoms with van der Waals surface area (Å²) in [6.07, 6.45) is -3.35. The van der Waals surface area contributed by atoms with Crippen LogP contribution in [-0.2, 0) is 15.7 Å². The van der Waals surface area contributed by atoms with Gasteiger partial charge in [0.25, 0.3) is 0 Å². The number of carbonyl (C=O) groups is 1. The van der Waals surface area contributed by atoms with Crippen LogP contribution in [0.2, 0.25) is 0 Å². The molecule has 1 atom stereocenters. The molecule has 1 amide bonds. The first-order chi connectivity index (χ1) is 9.49. The lowest BCUT2D eigenvalue weighted by Crippen LogP contribution is -2.33. The second-order valence-corrected chi connectivity index (χ2v) is 3.82. The number of morpholine rings is 1. The number of rotatable bonds is 2. The second kappa shape index (κ2) is 7.78. The number of pyridine rings is 1. The molecular formula is C11H15F3N4O2. The zero-order chi connectivity index (χ0) is 15.0. The van der Waals surface area contributed by atoms with Gasteiger partial charge in [0.1, 0.15) is 6.10 Å². The molecule has 1 fully saturated rings. The zero-order valence-corrected chi connectivity index (χ0v) is 10.5. The maximum Gasteiger partial charge on any atom is 0.417 e. The summed E-state index contributed by atoms with van der Waals surface area (Å²) in [5.74, 6) is 4.41. The molecule has 2 heterocycles. The van der Waals surface area contributed by atoms with E-state index in [0.717, 1.165) is 18.8 Å². The number of ether oxygens (including phenoxy) is 1. The van der Waals surface area contributed by atoms with Crippen molar-refractivity contribution in [1.29, 1.82) is 0 Å². The third kappa shape index (κ3) is 5.11. The van der Waals surface area contributed by atoms with Crippen LogP contribution in [-0.4, -0.2) is 31.1 Å². The molecule has 0 radical (unpaired) electrons. The number of carbonyl (C=O) groups excluding carboxylic acids is 1. The number of hydrogen-bond acceptors (Lipinski definition) is 5. The fraction of sp³-hybridized carbons (Fsp3) is 0.455. The Bertz CT molecular complexity index is 405. The number of nitrogens with two attached hydrogens (primary N) is 1. The predicted molar refractivity (Wildman–Crippen MR) is 64.2 cm³/mol. The summed E-state index contributed by atoms with van der Waals surface area (Å²) < 4.78 is 42.2. The lowest BCUT2D eigenvalue weighted by molar-refractivity contribution is -0.137. The SMILES string of the molecule is FC(F)(F)c1ccc(C2CNCCO2)nc1.NNC=O. The van der Waals surface area contributed by atoms with Crippen molar-refractivity contribution in [3.63, 3.8) is 0 Å². The number of nitrogens with one attached hydrogen (secondary N) is 2. The Kier molecular flexibility index (Phi) is 6.36. The van der Waals surface area contributed by atoms with Gasteiger partial charge < -0.3 is 10.1 Å². The van der Waals surface area contributed by atoms with Crippen molar-refractivity contribution in [3.05, 3.63) is 29.6 Å². The average Bonchev–Trinajstić information content (AvgIpc) is 2.48. The van der Waals surface area contributed by atoms with Crippen molar-refractivity contribution in [2.75, 3.05) is 19.7 Å². The minimum atomic E-state index is -4.34. The standard InChI is InChI=1S/C10H11F3N2O.CH4N2O/c11-10(12,13)7-1-2-8(15-5-7)9-6-14-3-4-16-9;2-3-1-4/h1-2,5,9,14H,3-4,6H2;1H,2H2,(H,3,4). The van der Waals surface area contributed by atoms with E-state index in [-0.39, 0.29) is 6.10 Å². The van der Waals surface area contributed by atoms with Crippen LogP contribution in [0.5, 0.6) is 0 Å². The molecule has 6 nitrogen and oxygen atoms in total. The number of aromatic nitrogens is 1.